The highest BCUT2D eigenvalue weighted by Gasteiger charge is 2.34. The third-order valence-electron chi connectivity index (χ3n) is 5.91. The fourth-order valence-corrected chi connectivity index (χ4v) is 5.23. The van der Waals surface area contributed by atoms with Gasteiger partial charge in [0.25, 0.3) is 0 Å². The van der Waals surface area contributed by atoms with E-state index in [4.69, 9.17) is 0 Å². The Labute approximate surface area is 178 Å². The Hall–Kier alpha value is -2.44. The lowest BCUT2D eigenvalue weighted by molar-refractivity contribution is 0.336. The monoisotopic (exact) mass is 423 g/mol. The molecule has 0 spiro atoms. The van der Waals surface area contributed by atoms with Crippen molar-refractivity contribution in [2.24, 2.45) is 4.99 Å². The van der Waals surface area contributed by atoms with Crippen molar-refractivity contribution in [3.8, 4) is 11.3 Å². The number of fused-ring (bicyclic) bond motifs is 1. The molecule has 2 N–H and O–H groups in total. The number of hydrogen-bond acceptors (Lipinski definition) is 3. The van der Waals surface area contributed by atoms with Gasteiger partial charge in [-0.15, -0.1) is 0 Å². The number of hydrogen-bond donors (Lipinski definition) is 2. The third kappa shape index (κ3) is 3.59. The normalized spacial score (nSPS) is 23.1. The summed E-state index contributed by atoms with van der Waals surface area (Å²) in [5.41, 5.74) is 4.34. The molecule has 5 rings (SSSR count). The Morgan fingerprint density at radius 3 is 2.60 bits per heavy atom. The van der Waals surface area contributed by atoms with Crippen LogP contribution >= 0.6 is 11.9 Å². The standard InChI is InChI=1S/C24H23F2N3S/c1-13-7-20-22(16-10-18(11-16)29-30-19-9-14(2)27-12-19)23(28-24(20)21(26)8-13)15-3-5-17(25)6-4-15/h3-9,12,14,16,18,28-29H,10-11H2,1-2H3. The summed E-state index contributed by atoms with van der Waals surface area (Å²) in [6.45, 7) is 3.98. The second-order valence-electron chi connectivity index (χ2n) is 8.26. The largest absolute Gasteiger partial charge is 0.352 e. The quantitative estimate of drug-likeness (QED) is 0.475. The van der Waals surface area contributed by atoms with Crippen molar-refractivity contribution in [1.82, 2.24) is 9.71 Å². The molecule has 0 amide bonds. The number of nitrogens with one attached hydrogen (secondary N) is 2. The Balaban J connectivity index is 1.43. The summed E-state index contributed by atoms with van der Waals surface area (Å²) in [6, 6.07) is 10.7. The molecule has 1 aliphatic carbocycles. The fourth-order valence-electron chi connectivity index (χ4n) is 4.35. The highest BCUT2D eigenvalue weighted by Crippen LogP contribution is 2.46. The molecule has 0 saturated heterocycles. The minimum Gasteiger partial charge on any atom is -0.352 e. The molecule has 6 heteroatoms. The van der Waals surface area contributed by atoms with Gasteiger partial charge in [-0.2, -0.15) is 0 Å². The predicted molar refractivity (Wildman–Crippen MR) is 121 cm³/mol. The van der Waals surface area contributed by atoms with Crippen LogP contribution in [0, 0.1) is 18.6 Å². The molecule has 3 nitrogen and oxygen atoms in total. The molecule has 154 valence electrons. The first-order chi connectivity index (χ1) is 14.5. The van der Waals surface area contributed by atoms with Crippen molar-refractivity contribution in [1.29, 1.82) is 0 Å². The smallest absolute Gasteiger partial charge is 0.147 e. The number of benzene rings is 2. The van der Waals surface area contributed by atoms with E-state index in [1.807, 2.05) is 19.2 Å². The molecule has 30 heavy (non-hydrogen) atoms. The summed E-state index contributed by atoms with van der Waals surface area (Å²) in [6.07, 6.45) is 6.01. The van der Waals surface area contributed by atoms with Gasteiger partial charge in [-0.25, -0.2) is 8.78 Å². The lowest BCUT2D eigenvalue weighted by atomic mass is 9.74. The molecule has 1 aromatic heterocycles. The molecule has 1 unspecified atom stereocenters. The molecule has 0 radical (unpaired) electrons. The average molecular weight is 424 g/mol. The summed E-state index contributed by atoms with van der Waals surface area (Å²) in [5, 5.41) is 0.933. The summed E-state index contributed by atoms with van der Waals surface area (Å²) in [7, 11) is 0. The summed E-state index contributed by atoms with van der Waals surface area (Å²) in [5.74, 6) is -0.198. The number of nitrogens with zero attached hydrogens (tertiary/aromatic N) is 1. The lowest BCUT2D eigenvalue weighted by Crippen LogP contribution is -2.36. The number of aromatic nitrogens is 1. The number of H-pyrrole nitrogens is 1. The zero-order valence-corrected chi connectivity index (χ0v) is 17.7. The molecular weight excluding hydrogens is 400 g/mol. The van der Waals surface area contributed by atoms with Crippen LogP contribution in [0.4, 0.5) is 8.78 Å². The van der Waals surface area contributed by atoms with Gasteiger partial charge in [0.1, 0.15) is 11.6 Å². The molecule has 1 saturated carbocycles. The Kier molecular flexibility index (Phi) is 4.99. The predicted octanol–water partition coefficient (Wildman–Crippen LogP) is 6.26. The number of aliphatic imine (C=N–C) groups is 1. The second-order valence-corrected chi connectivity index (χ2v) is 9.17. The van der Waals surface area contributed by atoms with Crippen LogP contribution in [0.25, 0.3) is 22.2 Å². The maximum atomic E-state index is 14.7. The van der Waals surface area contributed by atoms with Gasteiger partial charge in [0.15, 0.2) is 0 Å². The first-order valence-corrected chi connectivity index (χ1v) is 11.0. The molecule has 3 aromatic rings. The molecule has 2 aliphatic rings. The van der Waals surface area contributed by atoms with Crippen LogP contribution in [0.2, 0.25) is 0 Å². The zero-order chi connectivity index (χ0) is 20.8. The molecule has 1 aliphatic heterocycles. The highest BCUT2D eigenvalue weighted by atomic mass is 32.2. The molecular formula is C24H23F2N3S. The maximum Gasteiger partial charge on any atom is 0.147 e. The van der Waals surface area contributed by atoms with Crippen LogP contribution in [-0.2, 0) is 0 Å². The van der Waals surface area contributed by atoms with Gasteiger partial charge < -0.3 is 4.98 Å². The van der Waals surface area contributed by atoms with Gasteiger partial charge in [-0.3, -0.25) is 9.71 Å². The highest BCUT2D eigenvalue weighted by molar-refractivity contribution is 8.02. The molecule has 2 aromatic carbocycles. The Bertz CT molecular complexity index is 1160. The van der Waals surface area contributed by atoms with Gasteiger partial charge in [-0.1, -0.05) is 0 Å². The third-order valence-corrected chi connectivity index (χ3v) is 6.84. The van der Waals surface area contributed by atoms with Crippen molar-refractivity contribution in [2.45, 2.75) is 44.7 Å². The van der Waals surface area contributed by atoms with E-state index in [1.165, 1.54) is 12.1 Å². The molecule has 2 heterocycles. The first kappa shape index (κ1) is 19.5. The van der Waals surface area contributed by atoms with E-state index < -0.39 is 0 Å². The van der Waals surface area contributed by atoms with Crippen LogP contribution in [0.1, 0.15) is 36.8 Å². The van der Waals surface area contributed by atoms with Gasteiger partial charge in [0.05, 0.1) is 17.3 Å². The van der Waals surface area contributed by atoms with E-state index in [0.29, 0.717) is 17.5 Å². The van der Waals surface area contributed by atoms with Gasteiger partial charge >= 0.3 is 0 Å². The SMILES string of the molecule is Cc1cc(F)c2[nH]c(-c3ccc(F)cc3)c(C3CC(NSC4=CC(C)N=C4)C3)c2c1. The van der Waals surface area contributed by atoms with Crippen molar-refractivity contribution >= 4 is 29.1 Å². The maximum absolute atomic E-state index is 14.7. The minimum absolute atomic E-state index is 0.245. The fraction of sp³-hybridized carbons (Fsp3) is 0.292. The summed E-state index contributed by atoms with van der Waals surface area (Å²) >= 11 is 1.63. The topological polar surface area (TPSA) is 40.2 Å². The van der Waals surface area contributed by atoms with Crippen molar-refractivity contribution in [3.05, 3.63) is 70.1 Å². The molecule has 1 fully saturated rings. The summed E-state index contributed by atoms with van der Waals surface area (Å²) < 4.78 is 31.7. The van der Waals surface area contributed by atoms with Crippen LogP contribution < -0.4 is 4.72 Å². The Morgan fingerprint density at radius 1 is 1.13 bits per heavy atom. The van der Waals surface area contributed by atoms with Crippen LogP contribution in [0.5, 0.6) is 0 Å². The number of halogens is 2. The molecule has 0 bridgehead atoms. The average Bonchev–Trinajstić information content (AvgIpc) is 3.25. The molecule has 1 atom stereocenters. The van der Waals surface area contributed by atoms with Gasteiger partial charge in [0.2, 0.25) is 0 Å². The van der Waals surface area contributed by atoms with E-state index in [0.717, 1.165) is 45.5 Å². The second kappa shape index (κ2) is 7.67. The number of allylic oxidation sites excluding steroid dienone is 1. The van der Waals surface area contributed by atoms with Gasteiger partial charge in [0, 0.05) is 22.5 Å². The van der Waals surface area contributed by atoms with Crippen LogP contribution in [0.15, 0.2) is 52.4 Å². The number of rotatable bonds is 5. The zero-order valence-electron chi connectivity index (χ0n) is 16.9. The van der Waals surface area contributed by atoms with E-state index in [2.05, 4.69) is 27.7 Å². The number of aryl methyl sites for hydroxylation is 1. The van der Waals surface area contributed by atoms with E-state index in [-0.39, 0.29) is 17.7 Å². The van der Waals surface area contributed by atoms with Crippen molar-refractivity contribution in [3.63, 3.8) is 0 Å². The Morgan fingerprint density at radius 2 is 1.90 bits per heavy atom. The van der Waals surface area contributed by atoms with E-state index >= 15 is 0 Å². The minimum atomic E-state index is -0.276. The van der Waals surface area contributed by atoms with Crippen LogP contribution in [-0.4, -0.2) is 23.3 Å². The first-order valence-electron chi connectivity index (χ1n) is 10.2. The summed E-state index contributed by atoms with van der Waals surface area (Å²) in [4.78, 5) is 8.80. The van der Waals surface area contributed by atoms with Crippen molar-refractivity contribution in [2.75, 3.05) is 0 Å². The van der Waals surface area contributed by atoms with Gasteiger partial charge in [-0.05, 0) is 104 Å². The number of aromatic amines is 1. The lowest BCUT2D eigenvalue weighted by Gasteiger charge is -2.36. The van der Waals surface area contributed by atoms with E-state index in [9.17, 15) is 8.78 Å². The van der Waals surface area contributed by atoms with Crippen molar-refractivity contribution < 1.29 is 8.78 Å². The van der Waals surface area contributed by atoms with Crippen LogP contribution in [0.3, 0.4) is 0 Å². The van der Waals surface area contributed by atoms with E-state index in [1.54, 1.807) is 30.1 Å².